The zero-order chi connectivity index (χ0) is 18.9. The summed E-state index contributed by atoms with van der Waals surface area (Å²) in [7, 11) is 2.36. The van der Waals surface area contributed by atoms with Crippen molar-refractivity contribution in [1.29, 1.82) is 0 Å². The average Bonchev–Trinajstić information content (AvgIpc) is 3.11. The first-order valence-electron chi connectivity index (χ1n) is 7.73. The molecule has 8 heteroatoms. The third-order valence-corrected chi connectivity index (χ3v) is 3.44. The van der Waals surface area contributed by atoms with Gasteiger partial charge in [-0.3, -0.25) is 9.59 Å². The predicted molar refractivity (Wildman–Crippen MR) is 91.3 cm³/mol. The molecule has 1 heterocycles. The molecular formula is C18H19NO7. The first-order valence-corrected chi connectivity index (χ1v) is 7.73. The van der Waals surface area contributed by atoms with Crippen LogP contribution in [0, 0.1) is 0 Å². The van der Waals surface area contributed by atoms with Crippen LogP contribution >= 0.6 is 0 Å². The molecule has 1 amide bonds. The highest BCUT2D eigenvalue weighted by Crippen LogP contribution is 2.32. The number of hydrogen-bond acceptors (Lipinski definition) is 7. The summed E-state index contributed by atoms with van der Waals surface area (Å²) in [6.45, 7) is 0.204. The second-order valence-electron chi connectivity index (χ2n) is 5.20. The number of fused-ring (bicyclic) bond motifs is 1. The largest absolute Gasteiger partial charge is 0.469 e. The number of hydrogen-bond donors (Lipinski definition) is 1. The van der Waals surface area contributed by atoms with Crippen molar-refractivity contribution in [1.82, 2.24) is 5.32 Å². The minimum absolute atomic E-state index is 0.204. The van der Waals surface area contributed by atoms with Crippen molar-refractivity contribution in [2.45, 2.75) is 12.5 Å². The molecule has 0 saturated heterocycles. The van der Waals surface area contributed by atoms with Gasteiger partial charge in [0.25, 0.3) is 0 Å². The van der Waals surface area contributed by atoms with E-state index in [0.717, 1.165) is 5.56 Å². The molecule has 2 rings (SSSR count). The Morgan fingerprint density at radius 3 is 2.65 bits per heavy atom. The highest BCUT2D eigenvalue weighted by atomic mass is 16.7. The first-order chi connectivity index (χ1) is 12.5. The van der Waals surface area contributed by atoms with E-state index in [4.69, 9.17) is 9.47 Å². The summed E-state index contributed by atoms with van der Waals surface area (Å²) in [5.74, 6) is -0.547. The van der Waals surface area contributed by atoms with Crippen LogP contribution in [0.2, 0.25) is 0 Å². The fourth-order valence-corrected chi connectivity index (χ4v) is 2.13. The molecule has 0 aliphatic carbocycles. The van der Waals surface area contributed by atoms with Gasteiger partial charge in [0, 0.05) is 6.08 Å². The van der Waals surface area contributed by atoms with E-state index in [2.05, 4.69) is 14.8 Å². The lowest BCUT2D eigenvalue weighted by Gasteiger charge is -2.13. The van der Waals surface area contributed by atoms with E-state index in [1.54, 1.807) is 18.2 Å². The molecule has 0 saturated carbocycles. The average molecular weight is 361 g/mol. The molecule has 0 bridgehead atoms. The minimum atomic E-state index is -1.11. The summed E-state index contributed by atoms with van der Waals surface area (Å²) in [4.78, 5) is 34.8. The second-order valence-corrected chi connectivity index (χ2v) is 5.20. The van der Waals surface area contributed by atoms with E-state index in [9.17, 15) is 14.4 Å². The van der Waals surface area contributed by atoms with E-state index in [1.807, 2.05) is 12.1 Å². The minimum Gasteiger partial charge on any atom is -0.469 e. The Kier molecular flexibility index (Phi) is 6.78. The molecule has 0 fully saturated rings. The van der Waals surface area contributed by atoms with Crippen molar-refractivity contribution in [2.75, 3.05) is 21.0 Å². The monoisotopic (exact) mass is 361 g/mol. The number of benzene rings is 1. The van der Waals surface area contributed by atoms with Crippen LogP contribution in [-0.4, -0.2) is 44.9 Å². The molecule has 0 spiro atoms. The van der Waals surface area contributed by atoms with Crippen molar-refractivity contribution in [3.8, 4) is 11.5 Å². The van der Waals surface area contributed by atoms with Crippen LogP contribution in [0.3, 0.4) is 0 Å². The van der Waals surface area contributed by atoms with Gasteiger partial charge in [-0.15, -0.1) is 0 Å². The van der Waals surface area contributed by atoms with Gasteiger partial charge in [0.15, 0.2) is 11.5 Å². The summed E-state index contributed by atoms with van der Waals surface area (Å²) < 4.78 is 19.6. The van der Waals surface area contributed by atoms with Crippen molar-refractivity contribution in [3.05, 3.63) is 42.0 Å². The van der Waals surface area contributed by atoms with Crippen LogP contribution in [0.4, 0.5) is 0 Å². The summed E-state index contributed by atoms with van der Waals surface area (Å²) >= 11 is 0. The Morgan fingerprint density at radius 2 is 1.92 bits per heavy atom. The standard InChI is InChI=1S/C18H19NO7/c1-23-17(21)10-13(18(22)24-2)19-16(20)6-4-3-5-12-7-8-14-15(9-12)26-11-25-14/h3-9,13H,10-11H2,1-2H3,(H,19,20)/b5-3+,6-4+/t13-/m0/s1. The Hall–Kier alpha value is -3.29. The van der Waals surface area contributed by atoms with Crippen LogP contribution in [0.5, 0.6) is 11.5 Å². The highest BCUT2D eigenvalue weighted by Gasteiger charge is 2.24. The number of carbonyl (C=O) groups excluding carboxylic acids is 3. The molecule has 0 unspecified atom stereocenters. The van der Waals surface area contributed by atoms with Crippen LogP contribution in [-0.2, 0) is 23.9 Å². The topological polar surface area (TPSA) is 100 Å². The van der Waals surface area contributed by atoms with Gasteiger partial charge < -0.3 is 24.3 Å². The molecule has 1 aliphatic rings. The molecule has 1 aromatic rings. The number of methoxy groups -OCH3 is 2. The summed E-state index contributed by atoms with van der Waals surface area (Å²) in [6.07, 6.45) is 5.86. The number of esters is 2. The smallest absolute Gasteiger partial charge is 0.328 e. The molecule has 1 aromatic carbocycles. The van der Waals surface area contributed by atoms with Gasteiger partial charge in [0.2, 0.25) is 12.7 Å². The maximum atomic E-state index is 11.9. The SMILES string of the molecule is COC(=O)C[C@H](NC(=O)/C=C/C=C/c1ccc2c(c1)OCO2)C(=O)OC. The molecule has 1 atom stereocenters. The van der Waals surface area contributed by atoms with E-state index in [0.29, 0.717) is 11.5 Å². The third kappa shape index (κ3) is 5.37. The number of carbonyl (C=O) groups is 3. The van der Waals surface area contributed by atoms with E-state index >= 15 is 0 Å². The van der Waals surface area contributed by atoms with Crippen molar-refractivity contribution >= 4 is 23.9 Å². The van der Waals surface area contributed by atoms with Gasteiger partial charge in [0.1, 0.15) is 6.04 Å². The Balaban J connectivity index is 1.90. The van der Waals surface area contributed by atoms with Crippen molar-refractivity contribution in [3.63, 3.8) is 0 Å². The maximum absolute atomic E-state index is 11.9. The van der Waals surface area contributed by atoms with Crippen molar-refractivity contribution in [2.24, 2.45) is 0 Å². The lowest BCUT2D eigenvalue weighted by molar-refractivity contribution is -0.150. The quantitative estimate of drug-likeness (QED) is 0.442. The molecule has 138 valence electrons. The molecule has 1 N–H and O–H groups in total. The number of ether oxygens (including phenoxy) is 4. The Morgan fingerprint density at radius 1 is 1.15 bits per heavy atom. The zero-order valence-electron chi connectivity index (χ0n) is 14.4. The lowest BCUT2D eigenvalue weighted by Crippen LogP contribution is -2.42. The normalized spacial score (nSPS) is 13.6. The summed E-state index contributed by atoms with van der Waals surface area (Å²) in [5.41, 5.74) is 0.873. The van der Waals surface area contributed by atoms with E-state index in [1.165, 1.54) is 26.4 Å². The summed E-state index contributed by atoms with van der Waals surface area (Å²) in [5, 5.41) is 2.39. The van der Waals surface area contributed by atoms with Crippen LogP contribution in [0.25, 0.3) is 6.08 Å². The third-order valence-electron chi connectivity index (χ3n) is 3.44. The van der Waals surface area contributed by atoms with E-state index in [-0.39, 0.29) is 13.2 Å². The lowest BCUT2D eigenvalue weighted by atomic mass is 10.2. The van der Waals surface area contributed by atoms with Crippen LogP contribution in [0.1, 0.15) is 12.0 Å². The van der Waals surface area contributed by atoms with Gasteiger partial charge >= 0.3 is 11.9 Å². The number of amides is 1. The van der Waals surface area contributed by atoms with Gasteiger partial charge in [-0.05, 0) is 17.7 Å². The maximum Gasteiger partial charge on any atom is 0.328 e. The Labute approximate surface area is 150 Å². The summed E-state index contributed by atoms with van der Waals surface area (Å²) in [6, 6.07) is 4.35. The first kappa shape index (κ1) is 19.0. The molecule has 0 radical (unpaired) electrons. The molecule has 26 heavy (non-hydrogen) atoms. The van der Waals surface area contributed by atoms with Gasteiger partial charge in [-0.1, -0.05) is 24.3 Å². The molecule has 1 aliphatic heterocycles. The number of rotatable bonds is 7. The predicted octanol–water partition coefficient (Wildman–Crippen LogP) is 1.21. The highest BCUT2D eigenvalue weighted by molar-refractivity contribution is 5.93. The number of nitrogens with one attached hydrogen (secondary N) is 1. The van der Waals surface area contributed by atoms with Gasteiger partial charge in [-0.2, -0.15) is 0 Å². The van der Waals surface area contributed by atoms with Gasteiger partial charge in [-0.25, -0.2) is 4.79 Å². The van der Waals surface area contributed by atoms with Crippen LogP contribution < -0.4 is 14.8 Å². The Bertz CT molecular complexity index is 739. The zero-order valence-corrected chi connectivity index (χ0v) is 14.4. The second kappa shape index (κ2) is 9.26. The molecular weight excluding hydrogens is 342 g/mol. The van der Waals surface area contributed by atoms with Gasteiger partial charge in [0.05, 0.1) is 20.6 Å². The molecule has 8 nitrogen and oxygen atoms in total. The van der Waals surface area contributed by atoms with Crippen molar-refractivity contribution < 1.29 is 33.3 Å². The fraction of sp³-hybridized carbons (Fsp3) is 0.278. The van der Waals surface area contributed by atoms with Crippen LogP contribution in [0.15, 0.2) is 36.4 Å². The fourth-order valence-electron chi connectivity index (χ4n) is 2.13. The molecule has 0 aromatic heterocycles. The van der Waals surface area contributed by atoms with E-state index < -0.39 is 23.9 Å². The number of allylic oxidation sites excluding steroid dienone is 2.